The molecule has 8 nitrogen and oxygen atoms in total. The summed E-state index contributed by atoms with van der Waals surface area (Å²) in [6.45, 7) is 16.3. The van der Waals surface area contributed by atoms with Crippen molar-refractivity contribution in [3.8, 4) is 0 Å². The van der Waals surface area contributed by atoms with Crippen molar-refractivity contribution in [3.05, 3.63) is 144 Å². The number of benzene rings is 4. The Labute approximate surface area is 324 Å². The lowest BCUT2D eigenvalue weighted by atomic mass is 9.95. The van der Waals surface area contributed by atoms with E-state index in [4.69, 9.17) is 17.7 Å². The fraction of sp³-hybridized carbons (Fsp3) is 0.409. The van der Waals surface area contributed by atoms with Crippen LogP contribution in [0.15, 0.2) is 121 Å². The van der Waals surface area contributed by atoms with E-state index in [2.05, 4.69) is 64.3 Å². The van der Waals surface area contributed by atoms with Gasteiger partial charge in [-0.2, -0.15) is 0 Å². The molecule has 0 spiro atoms. The van der Waals surface area contributed by atoms with Crippen molar-refractivity contribution < 1.29 is 27.3 Å². The fourth-order valence-corrected chi connectivity index (χ4v) is 11.3. The maximum absolute atomic E-state index is 13.2. The molecule has 0 saturated carbocycles. The predicted molar refractivity (Wildman–Crippen MR) is 219 cm³/mol. The zero-order chi connectivity index (χ0) is 39.2. The number of hydrogen-bond donors (Lipinski definition) is 0. The van der Waals surface area contributed by atoms with E-state index < -0.39 is 17.1 Å². The molecule has 10 heteroatoms. The Kier molecular flexibility index (Phi) is 13.5. The number of carbonyl (C=O) groups is 2. The molecule has 2 saturated heterocycles. The molecule has 4 aromatic carbocycles. The van der Waals surface area contributed by atoms with Crippen LogP contribution >= 0.6 is 0 Å². The maximum atomic E-state index is 13.2. The van der Waals surface area contributed by atoms with Crippen molar-refractivity contribution in [1.82, 2.24) is 9.80 Å². The minimum absolute atomic E-state index is 0.0765. The van der Waals surface area contributed by atoms with Gasteiger partial charge in [-0.3, -0.25) is 9.59 Å². The molecule has 2 aliphatic heterocycles. The van der Waals surface area contributed by atoms with Gasteiger partial charge in [0.15, 0.2) is 0 Å². The lowest BCUT2D eigenvalue weighted by Gasteiger charge is -2.35. The monoisotopic (exact) mass is 766 g/mol. The highest BCUT2D eigenvalue weighted by atomic mass is 28.4. The van der Waals surface area contributed by atoms with Gasteiger partial charge in [0.25, 0.3) is 0 Å². The largest absolute Gasteiger partial charge is 0.386 e. The Hall–Kier alpha value is -3.91. The predicted octanol–water partition coefficient (Wildman–Crippen LogP) is 9.40. The van der Waals surface area contributed by atoms with Crippen molar-refractivity contribution in [2.75, 3.05) is 14.1 Å². The van der Waals surface area contributed by atoms with E-state index in [0.717, 1.165) is 22.3 Å². The molecular formula is C44H58N2O6Si2. The second-order valence-corrected chi connectivity index (χ2v) is 22.1. The molecule has 2 fully saturated rings. The highest BCUT2D eigenvalue weighted by molar-refractivity contribution is 6.65. The smallest absolute Gasteiger partial charge is 0.332 e. The molecule has 54 heavy (non-hydrogen) atoms. The van der Waals surface area contributed by atoms with Crippen LogP contribution in [0.2, 0.25) is 26.2 Å². The van der Waals surface area contributed by atoms with Crippen molar-refractivity contribution in [3.63, 3.8) is 0 Å². The van der Waals surface area contributed by atoms with E-state index in [1.807, 2.05) is 135 Å². The Morgan fingerprint density at radius 1 is 0.407 bits per heavy atom. The van der Waals surface area contributed by atoms with Crippen LogP contribution in [0.3, 0.4) is 0 Å². The second-order valence-electron chi connectivity index (χ2n) is 15.6. The molecule has 2 heterocycles. The Morgan fingerprint density at radius 3 is 0.889 bits per heavy atom. The molecule has 4 aromatic rings. The molecule has 0 unspecified atom stereocenters. The highest BCUT2D eigenvalue weighted by Crippen LogP contribution is 2.39. The molecule has 2 amide bonds. The fourth-order valence-electron chi connectivity index (χ4n) is 7.37. The average molecular weight is 767 g/mol. The van der Waals surface area contributed by atoms with Crippen LogP contribution in [-0.4, -0.2) is 64.9 Å². The summed E-state index contributed by atoms with van der Waals surface area (Å²) in [7, 11) is -1.31. The SMILES string of the molecule is C[C@@H]1C(=O)N(C)[C@@H](C)[C@H](c2ccccc2)O[Si](C)(C)O[C@H]1c1ccccc1.C[C@@H]1C(=O)N(C)[C@@H](C)[C@H](c2ccccc2)O[Si](C)(C)O[C@H]1c1ccccc1. The zero-order valence-electron chi connectivity index (χ0n) is 33.5. The number of nitrogens with zero attached hydrogens (tertiary/aromatic N) is 2. The summed E-state index contributed by atoms with van der Waals surface area (Å²) in [4.78, 5) is 30.1. The molecule has 0 aromatic heterocycles. The Bertz CT molecular complexity index is 1660. The van der Waals surface area contributed by atoms with Crippen molar-refractivity contribution >= 4 is 28.9 Å². The third kappa shape index (κ3) is 9.84. The normalized spacial score (nSPS) is 28.9. The van der Waals surface area contributed by atoms with Crippen LogP contribution in [0.25, 0.3) is 0 Å². The minimum Gasteiger partial charge on any atom is -0.386 e. The first kappa shape index (κ1) is 41.3. The number of amides is 2. The molecule has 0 N–H and O–H groups in total. The summed E-state index contributed by atoms with van der Waals surface area (Å²) in [5, 5.41) is 0. The van der Waals surface area contributed by atoms with Crippen molar-refractivity contribution in [2.45, 2.75) is 90.4 Å². The van der Waals surface area contributed by atoms with Crippen LogP contribution in [0.5, 0.6) is 0 Å². The zero-order valence-corrected chi connectivity index (χ0v) is 35.5. The van der Waals surface area contributed by atoms with Gasteiger partial charge in [-0.15, -0.1) is 0 Å². The van der Waals surface area contributed by atoms with Crippen LogP contribution in [-0.2, 0) is 27.3 Å². The Balaban J connectivity index is 0.000000208. The molecule has 0 bridgehead atoms. The first-order valence-corrected chi connectivity index (χ1v) is 24.7. The summed E-state index contributed by atoms with van der Waals surface area (Å²) in [6, 6.07) is 40.0. The number of rotatable bonds is 4. The number of carbonyl (C=O) groups excluding carboxylic acids is 2. The Morgan fingerprint density at radius 2 is 0.630 bits per heavy atom. The molecule has 0 radical (unpaired) electrons. The number of likely N-dealkylation sites (N-methyl/N-ethyl adjacent to an activating group) is 2. The van der Waals surface area contributed by atoms with Gasteiger partial charge in [0.05, 0.1) is 48.3 Å². The van der Waals surface area contributed by atoms with E-state index in [0.29, 0.717) is 0 Å². The summed E-state index contributed by atoms with van der Waals surface area (Å²) < 4.78 is 26.3. The van der Waals surface area contributed by atoms with Gasteiger partial charge in [0.1, 0.15) is 0 Å². The molecule has 0 aliphatic carbocycles. The number of hydrogen-bond acceptors (Lipinski definition) is 6. The highest BCUT2D eigenvalue weighted by Gasteiger charge is 2.44. The van der Waals surface area contributed by atoms with Gasteiger partial charge >= 0.3 is 17.1 Å². The average Bonchev–Trinajstić information content (AvgIpc) is 3.22. The summed E-state index contributed by atoms with van der Waals surface area (Å²) in [5.41, 5.74) is 4.17. The van der Waals surface area contributed by atoms with Crippen LogP contribution < -0.4 is 0 Å². The van der Waals surface area contributed by atoms with Crippen LogP contribution in [0.1, 0.15) is 74.4 Å². The molecule has 6 rings (SSSR count). The standard InChI is InChI=1S/2C22H29NO3Si/c2*1-16-20(18-12-8-6-9-13-18)25-27(4,5)26-21(17(2)23(3)22(16)24)19-14-10-7-11-15-19/h2*6-17,20-21H,1-5H3/t2*16-,17-,20+,21+/m00/s1. The summed E-state index contributed by atoms with van der Waals surface area (Å²) in [5.74, 6) is -0.422. The van der Waals surface area contributed by atoms with E-state index in [-0.39, 0.29) is 60.1 Å². The van der Waals surface area contributed by atoms with Gasteiger partial charge in [-0.05, 0) is 62.3 Å². The van der Waals surface area contributed by atoms with Gasteiger partial charge in [-0.25, -0.2) is 0 Å². The van der Waals surface area contributed by atoms with E-state index in [1.165, 1.54) is 0 Å². The maximum Gasteiger partial charge on any atom is 0.332 e. The third-order valence-corrected chi connectivity index (χ3v) is 13.9. The van der Waals surface area contributed by atoms with Crippen LogP contribution in [0.4, 0.5) is 0 Å². The lowest BCUT2D eigenvalue weighted by Crippen LogP contribution is -2.43. The summed E-state index contributed by atoms with van der Waals surface area (Å²) in [6.07, 6.45) is -1.07. The minimum atomic E-state index is -2.52. The lowest BCUT2D eigenvalue weighted by molar-refractivity contribution is -0.140. The van der Waals surface area contributed by atoms with Gasteiger partial charge in [0, 0.05) is 14.1 Å². The van der Waals surface area contributed by atoms with E-state index >= 15 is 0 Å². The molecule has 8 atom stereocenters. The van der Waals surface area contributed by atoms with E-state index in [9.17, 15) is 9.59 Å². The third-order valence-electron chi connectivity index (χ3n) is 10.6. The van der Waals surface area contributed by atoms with Gasteiger partial charge in [-0.1, -0.05) is 135 Å². The summed E-state index contributed by atoms with van der Waals surface area (Å²) >= 11 is 0. The first-order valence-electron chi connectivity index (χ1n) is 19.0. The van der Waals surface area contributed by atoms with Gasteiger partial charge < -0.3 is 27.5 Å². The van der Waals surface area contributed by atoms with E-state index in [1.54, 1.807) is 0 Å². The van der Waals surface area contributed by atoms with Crippen molar-refractivity contribution in [2.24, 2.45) is 11.8 Å². The molecular weight excluding hydrogens is 709 g/mol. The molecule has 2 aliphatic rings. The quantitative estimate of drug-likeness (QED) is 0.193. The van der Waals surface area contributed by atoms with Gasteiger partial charge in [0.2, 0.25) is 11.8 Å². The second kappa shape index (κ2) is 17.7. The molecule has 288 valence electrons. The topological polar surface area (TPSA) is 77.5 Å². The van der Waals surface area contributed by atoms with Crippen molar-refractivity contribution in [1.29, 1.82) is 0 Å². The van der Waals surface area contributed by atoms with Crippen LogP contribution in [0, 0.1) is 11.8 Å². The first-order chi connectivity index (χ1) is 25.6.